The Labute approximate surface area is 198 Å². The number of nitrogens with one attached hydrogen (secondary N) is 1. The first-order valence-corrected chi connectivity index (χ1v) is 13.0. The number of carbonyl (C=O) groups excluding carboxylic acids is 1. The van der Waals surface area contributed by atoms with Crippen molar-refractivity contribution in [3.05, 3.63) is 36.5 Å². The number of aliphatic hydroxyl groups excluding tert-OH is 1. The Hall–Kier alpha value is -1.57. The van der Waals surface area contributed by atoms with Crippen LogP contribution < -0.4 is 11.1 Å². The molecule has 0 rings (SSSR count). The summed E-state index contributed by atoms with van der Waals surface area (Å²) in [4.78, 5) is 22.4. The van der Waals surface area contributed by atoms with E-state index < -0.39 is 30.6 Å². The van der Waals surface area contributed by atoms with E-state index in [0.717, 1.165) is 19.3 Å². The number of carbonyl (C=O) groups is 2. The van der Waals surface area contributed by atoms with E-state index in [2.05, 4.69) is 31.3 Å². The second kappa shape index (κ2) is 21.3. The number of carboxylic acid groups (broad SMARTS) is 1. The number of amides is 1. The Morgan fingerprint density at radius 2 is 1.62 bits per heavy atom. The largest absolute Gasteiger partial charge is 0.480 e. The van der Waals surface area contributed by atoms with Gasteiger partial charge >= 0.3 is 5.97 Å². The Morgan fingerprint density at radius 1 is 0.969 bits per heavy atom. The Bertz CT molecular complexity index is 578. The number of allylic oxidation sites excluding steroid dienone is 5. The summed E-state index contributed by atoms with van der Waals surface area (Å²) in [7, 11) is 0. The zero-order valence-electron chi connectivity index (χ0n) is 19.9. The number of thioether (sulfide) groups is 1. The molecule has 1 amide bonds. The van der Waals surface area contributed by atoms with Crippen LogP contribution in [0.5, 0.6) is 0 Å². The van der Waals surface area contributed by atoms with Gasteiger partial charge in [-0.15, -0.1) is 11.8 Å². The molecule has 7 heteroatoms. The molecule has 0 aliphatic heterocycles. The minimum atomic E-state index is -1.11. The van der Waals surface area contributed by atoms with Crippen molar-refractivity contribution in [1.82, 2.24) is 5.32 Å². The summed E-state index contributed by atoms with van der Waals surface area (Å²) in [6.45, 7) is 3.86. The molecule has 5 N–H and O–H groups in total. The molecular formula is C25H44N2O4S. The fourth-order valence-electron chi connectivity index (χ4n) is 2.98. The average Bonchev–Trinajstić information content (AvgIpc) is 2.78. The lowest BCUT2D eigenvalue weighted by Crippen LogP contribution is -2.44. The standard InChI is InChI=1S/C25H44N2O4S/c1-3-5-7-8-9-10-11-12-13-14-15-16-18-23(22(28)17-6-4-2)32-20-21(26)25(31)27-19-24(29)30/h12-16,18,21-23,28H,3-11,17,19-20,26H2,1-2H3,(H,27,31)(H,29,30)/t21?,22-,23+/m1/s1. The Morgan fingerprint density at radius 3 is 2.31 bits per heavy atom. The normalized spacial score (nSPS) is 14.9. The summed E-state index contributed by atoms with van der Waals surface area (Å²) < 4.78 is 0. The van der Waals surface area contributed by atoms with Crippen LogP contribution in [0.1, 0.15) is 78.1 Å². The van der Waals surface area contributed by atoms with Crippen LogP contribution >= 0.6 is 11.8 Å². The smallest absolute Gasteiger partial charge is 0.322 e. The van der Waals surface area contributed by atoms with E-state index >= 15 is 0 Å². The zero-order chi connectivity index (χ0) is 24.0. The number of hydrogen-bond acceptors (Lipinski definition) is 5. The minimum absolute atomic E-state index is 0.184. The highest BCUT2D eigenvalue weighted by Gasteiger charge is 2.20. The van der Waals surface area contributed by atoms with Crippen LogP contribution in [0.25, 0.3) is 0 Å². The molecule has 3 atom stereocenters. The highest BCUT2D eigenvalue weighted by molar-refractivity contribution is 8.00. The van der Waals surface area contributed by atoms with Gasteiger partial charge in [0, 0.05) is 11.0 Å². The summed E-state index contributed by atoms with van der Waals surface area (Å²) in [6, 6.07) is -0.825. The summed E-state index contributed by atoms with van der Waals surface area (Å²) in [5.41, 5.74) is 5.87. The Balaban J connectivity index is 4.47. The maximum atomic E-state index is 11.9. The van der Waals surface area contributed by atoms with Gasteiger partial charge in [-0.2, -0.15) is 0 Å². The maximum Gasteiger partial charge on any atom is 0.322 e. The number of aliphatic carboxylic acids is 1. The van der Waals surface area contributed by atoms with Gasteiger partial charge in [0.2, 0.25) is 5.91 Å². The quantitative estimate of drug-likeness (QED) is 0.154. The third-order valence-electron chi connectivity index (χ3n) is 4.95. The molecule has 0 saturated carbocycles. The molecule has 0 aromatic heterocycles. The van der Waals surface area contributed by atoms with Crippen molar-refractivity contribution in [2.45, 2.75) is 95.5 Å². The maximum absolute atomic E-state index is 11.9. The van der Waals surface area contributed by atoms with Gasteiger partial charge in [0.25, 0.3) is 0 Å². The van der Waals surface area contributed by atoms with E-state index in [4.69, 9.17) is 10.8 Å². The predicted octanol–water partition coefficient (Wildman–Crippen LogP) is 4.59. The average molecular weight is 469 g/mol. The molecule has 32 heavy (non-hydrogen) atoms. The van der Waals surface area contributed by atoms with Crippen molar-refractivity contribution < 1.29 is 19.8 Å². The summed E-state index contributed by atoms with van der Waals surface area (Å²) in [6.07, 6.45) is 23.0. The first-order valence-electron chi connectivity index (χ1n) is 12.0. The molecule has 184 valence electrons. The van der Waals surface area contributed by atoms with Crippen molar-refractivity contribution in [3.8, 4) is 0 Å². The first-order chi connectivity index (χ1) is 15.4. The van der Waals surface area contributed by atoms with Crippen LogP contribution in [0.4, 0.5) is 0 Å². The van der Waals surface area contributed by atoms with E-state index in [1.54, 1.807) is 0 Å². The SMILES string of the molecule is CCCCCCCCC=CC=CC=C[C@H](SCC(N)C(=O)NCC(=O)O)[C@H](O)CCCC. The summed E-state index contributed by atoms with van der Waals surface area (Å²) in [5, 5.41) is 21.3. The molecule has 1 unspecified atom stereocenters. The topological polar surface area (TPSA) is 113 Å². The second-order valence-electron chi connectivity index (χ2n) is 7.98. The molecule has 0 bridgehead atoms. The lowest BCUT2D eigenvalue weighted by atomic mass is 10.1. The minimum Gasteiger partial charge on any atom is -0.480 e. The molecule has 0 fully saturated rings. The van der Waals surface area contributed by atoms with Crippen LogP contribution in [0.15, 0.2) is 36.5 Å². The second-order valence-corrected chi connectivity index (χ2v) is 9.19. The van der Waals surface area contributed by atoms with Crippen LogP contribution in [0.3, 0.4) is 0 Å². The van der Waals surface area contributed by atoms with Crippen molar-refractivity contribution in [2.24, 2.45) is 5.73 Å². The van der Waals surface area contributed by atoms with Gasteiger partial charge in [0.1, 0.15) is 6.54 Å². The molecule has 0 saturated heterocycles. The number of aliphatic hydroxyl groups is 1. The van der Waals surface area contributed by atoms with Crippen molar-refractivity contribution in [2.75, 3.05) is 12.3 Å². The van der Waals surface area contributed by atoms with Crippen LogP contribution in [0, 0.1) is 0 Å². The molecule has 0 spiro atoms. The van der Waals surface area contributed by atoms with Crippen LogP contribution in [0.2, 0.25) is 0 Å². The van der Waals surface area contributed by atoms with Crippen LogP contribution in [-0.2, 0) is 9.59 Å². The monoisotopic (exact) mass is 468 g/mol. The number of carboxylic acids is 1. The van der Waals surface area contributed by atoms with Crippen molar-refractivity contribution in [1.29, 1.82) is 0 Å². The first kappa shape index (κ1) is 30.4. The highest BCUT2D eigenvalue weighted by atomic mass is 32.2. The van der Waals surface area contributed by atoms with Gasteiger partial charge in [-0.3, -0.25) is 9.59 Å². The van der Waals surface area contributed by atoms with Gasteiger partial charge in [-0.1, -0.05) is 95.2 Å². The molecule has 0 aromatic carbocycles. The molecule has 6 nitrogen and oxygen atoms in total. The third-order valence-corrected chi connectivity index (χ3v) is 6.35. The Kier molecular flexibility index (Phi) is 20.2. The molecule has 0 radical (unpaired) electrons. The third kappa shape index (κ3) is 18.0. The van der Waals surface area contributed by atoms with E-state index in [-0.39, 0.29) is 5.25 Å². The molecular weight excluding hydrogens is 424 g/mol. The summed E-state index contributed by atoms with van der Waals surface area (Å²) >= 11 is 1.41. The number of rotatable bonds is 20. The lowest BCUT2D eigenvalue weighted by molar-refractivity contribution is -0.138. The lowest BCUT2D eigenvalue weighted by Gasteiger charge is -2.21. The molecule has 0 heterocycles. The molecule has 0 aromatic rings. The fraction of sp³-hybridized carbons (Fsp3) is 0.680. The van der Waals surface area contributed by atoms with Gasteiger partial charge in [0.05, 0.1) is 12.1 Å². The highest BCUT2D eigenvalue weighted by Crippen LogP contribution is 2.21. The number of nitrogens with two attached hydrogens (primary N) is 1. The molecule has 0 aliphatic carbocycles. The van der Waals surface area contributed by atoms with Crippen molar-refractivity contribution in [3.63, 3.8) is 0 Å². The van der Waals surface area contributed by atoms with E-state index in [9.17, 15) is 14.7 Å². The van der Waals surface area contributed by atoms with Crippen LogP contribution in [-0.4, -0.2) is 51.8 Å². The fourth-order valence-corrected chi connectivity index (χ4v) is 4.12. The van der Waals surface area contributed by atoms with E-state index in [1.165, 1.54) is 50.3 Å². The van der Waals surface area contributed by atoms with Gasteiger partial charge < -0.3 is 21.3 Å². The van der Waals surface area contributed by atoms with E-state index in [1.807, 2.05) is 24.3 Å². The number of hydrogen-bond donors (Lipinski definition) is 4. The van der Waals surface area contributed by atoms with Gasteiger partial charge in [-0.05, 0) is 19.3 Å². The van der Waals surface area contributed by atoms with Gasteiger partial charge in [0.15, 0.2) is 0 Å². The summed E-state index contributed by atoms with van der Waals surface area (Å²) in [5.74, 6) is -1.31. The predicted molar refractivity (Wildman–Crippen MR) is 136 cm³/mol. The van der Waals surface area contributed by atoms with Gasteiger partial charge in [-0.25, -0.2) is 0 Å². The van der Waals surface area contributed by atoms with Crippen molar-refractivity contribution >= 4 is 23.6 Å². The zero-order valence-corrected chi connectivity index (χ0v) is 20.7. The molecule has 0 aliphatic rings. The number of unbranched alkanes of at least 4 members (excludes halogenated alkanes) is 7. The van der Waals surface area contributed by atoms with E-state index in [0.29, 0.717) is 12.2 Å².